The summed E-state index contributed by atoms with van der Waals surface area (Å²) in [6.45, 7) is 4.34. The number of likely N-dealkylation sites (N-methyl/N-ethyl adjacent to an activating group) is 1. The summed E-state index contributed by atoms with van der Waals surface area (Å²) in [5.74, 6) is -0.792. The van der Waals surface area contributed by atoms with Gasteiger partial charge in [-0.2, -0.15) is 0 Å². The Morgan fingerprint density at radius 2 is 0.648 bits per heavy atom. The molecule has 0 saturated carbocycles. The van der Waals surface area contributed by atoms with Crippen LogP contribution in [-0.2, 0) is 32.7 Å². The molecule has 0 bridgehead atoms. The molecular formula is C78H143NO8P+. The van der Waals surface area contributed by atoms with Gasteiger partial charge >= 0.3 is 19.8 Å². The smallest absolute Gasteiger partial charge is 0.462 e. The number of rotatable bonds is 69. The van der Waals surface area contributed by atoms with Crippen LogP contribution in [-0.4, -0.2) is 74.9 Å². The molecule has 10 heteroatoms. The number of allylic oxidation sites excluding steroid dienone is 14. The highest BCUT2D eigenvalue weighted by Gasteiger charge is 2.27. The van der Waals surface area contributed by atoms with E-state index in [0.29, 0.717) is 17.4 Å². The third-order valence-corrected chi connectivity index (χ3v) is 17.4. The second-order valence-electron chi connectivity index (χ2n) is 26.3. The molecule has 88 heavy (non-hydrogen) atoms. The van der Waals surface area contributed by atoms with Gasteiger partial charge in [0.15, 0.2) is 6.10 Å². The van der Waals surface area contributed by atoms with Gasteiger partial charge in [-0.3, -0.25) is 18.6 Å². The van der Waals surface area contributed by atoms with E-state index in [9.17, 15) is 19.0 Å². The van der Waals surface area contributed by atoms with Crippen LogP contribution in [0.1, 0.15) is 348 Å². The predicted molar refractivity (Wildman–Crippen MR) is 381 cm³/mol. The molecule has 0 amide bonds. The first kappa shape index (κ1) is 85.2. The van der Waals surface area contributed by atoms with Crippen molar-refractivity contribution in [3.63, 3.8) is 0 Å². The molecule has 1 N–H and O–H groups in total. The maximum atomic E-state index is 12.9. The quantitative estimate of drug-likeness (QED) is 0.0211. The summed E-state index contributed by atoms with van der Waals surface area (Å²) in [6.07, 6.45) is 94.3. The van der Waals surface area contributed by atoms with Gasteiger partial charge in [0.05, 0.1) is 27.7 Å². The van der Waals surface area contributed by atoms with Crippen LogP contribution >= 0.6 is 7.82 Å². The molecule has 2 unspecified atom stereocenters. The third-order valence-electron chi connectivity index (χ3n) is 16.4. The van der Waals surface area contributed by atoms with Crippen LogP contribution in [0.4, 0.5) is 0 Å². The number of unbranched alkanes of at least 4 members (excludes halogenated alkanes) is 41. The van der Waals surface area contributed by atoms with Crippen LogP contribution in [0, 0.1) is 0 Å². The van der Waals surface area contributed by atoms with Crippen LogP contribution in [0.2, 0.25) is 0 Å². The summed E-state index contributed by atoms with van der Waals surface area (Å²) in [5, 5.41) is 0. The zero-order chi connectivity index (χ0) is 64.1. The van der Waals surface area contributed by atoms with Crippen molar-refractivity contribution in [2.24, 2.45) is 0 Å². The van der Waals surface area contributed by atoms with Crippen LogP contribution < -0.4 is 0 Å². The summed E-state index contributed by atoms with van der Waals surface area (Å²) in [7, 11) is 1.48. The predicted octanol–water partition coefficient (Wildman–Crippen LogP) is 24.5. The SMILES string of the molecule is CC/C=C\C/C=C\C/C=C\C/C=C\CCCCCCCCCCCCCCCCCCCCCCCCCCCCCCC(=O)OC(COC(=O)CCCCCCCCCC/C=C\C/C=C\C/C=C\CCCCCCC)COP(=O)(O)OCC[N+](C)(C)C. The number of hydrogen-bond acceptors (Lipinski definition) is 7. The second-order valence-corrected chi connectivity index (χ2v) is 27.8. The molecule has 0 spiro atoms. The van der Waals surface area contributed by atoms with E-state index in [1.165, 1.54) is 231 Å². The summed E-state index contributed by atoms with van der Waals surface area (Å²) in [5.41, 5.74) is 0. The summed E-state index contributed by atoms with van der Waals surface area (Å²) >= 11 is 0. The largest absolute Gasteiger partial charge is 0.472 e. The highest BCUT2D eigenvalue weighted by Crippen LogP contribution is 2.43. The van der Waals surface area contributed by atoms with Crippen molar-refractivity contribution in [2.75, 3.05) is 47.5 Å². The first-order valence-electron chi connectivity index (χ1n) is 37.3. The first-order chi connectivity index (χ1) is 43.0. The number of phosphoric acid groups is 1. The Balaban J connectivity index is 3.92. The Morgan fingerprint density at radius 1 is 0.364 bits per heavy atom. The molecule has 0 saturated heterocycles. The molecule has 0 aromatic carbocycles. The number of ether oxygens (including phenoxy) is 2. The van der Waals surface area contributed by atoms with Crippen LogP contribution in [0.15, 0.2) is 85.1 Å². The Kier molecular flexibility index (Phi) is 66.4. The van der Waals surface area contributed by atoms with Crippen LogP contribution in [0.5, 0.6) is 0 Å². The topological polar surface area (TPSA) is 108 Å². The number of quaternary nitrogens is 1. The molecule has 0 aromatic rings. The highest BCUT2D eigenvalue weighted by molar-refractivity contribution is 7.47. The number of carbonyl (C=O) groups excluding carboxylic acids is 2. The fraction of sp³-hybridized carbons (Fsp3) is 0.795. The lowest BCUT2D eigenvalue weighted by molar-refractivity contribution is -0.870. The van der Waals surface area contributed by atoms with Crippen molar-refractivity contribution in [2.45, 2.75) is 354 Å². The van der Waals surface area contributed by atoms with E-state index in [2.05, 4.69) is 98.9 Å². The maximum Gasteiger partial charge on any atom is 0.472 e. The van der Waals surface area contributed by atoms with E-state index in [1.54, 1.807) is 0 Å². The lowest BCUT2D eigenvalue weighted by atomic mass is 10.0. The monoisotopic (exact) mass is 1250 g/mol. The lowest BCUT2D eigenvalue weighted by Crippen LogP contribution is -2.37. The number of phosphoric ester groups is 1. The van der Waals surface area contributed by atoms with E-state index in [-0.39, 0.29) is 32.0 Å². The molecule has 0 radical (unpaired) electrons. The van der Waals surface area contributed by atoms with Gasteiger partial charge in [-0.1, -0.05) is 330 Å². The summed E-state index contributed by atoms with van der Waals surface area (Å²) in [4.78, 5) is 35.9. The molecule has 0 aromatic heterocycles. The first-order valence-corrected chi connectivity index (χ1v) is 38.8. The van der Waals surface area contributed by atoms with E-state index in [1.807, 2.05) is 21.1 Å². The number of hydrogen-bond donors (Lipinski definition) is 1. The zero-order valence-corrected chi connectivity index (χ0v) is 59.4. The molecule has 0 heterocycles. The number of nitrogens with zero attached hydrogens (tertiary/aromatic N) is 1. The van der Waals surface area contributed by atoms with Gasteiger partial charge in [-0.15, -0.1) is 0 Å². The normalized spacial score (nSPS) is 13.6. The van der Waals surface area contributed by atoms with Crippen molar-refractivity contribution < 1.29 is 42.1 Å². The van der Waals surface area contributed by atoms with E-state index < -0.39 is 26.5 Å². The fourth-order valence-corrected chi connectivity index (χ4v) is 11.5. The van der Waals surface area contributed by atoms with Gasteiger partial charge in [0.1, 0.15) is 19.8 Å². The molecule has 0 aliphatic carbocycles. The van der Waals surface area contributed by atoms with Crippen molar-refractivity contribution in [1.29, 1.82) is 0 Å². The van der Waals surface area contributed by atoms with Crippen LogP contribution in [0.25, 0.3) is 0 Å². The molecule has 0 rings (SSSR count). The minimum atomic E-state index is -4.40. The van der Waals surface area contributed by atoms with Gasteiger partial charge in [-0.05, 0) is 89.9 Å². The number of esters is 2. The van der Waals surface area contributed by atoms with E-state index >= 15 is 0 Å². The second kappa shape index (κ2) is 68.6. The summed E-state index contributed by atoms with van der Waals surface area (Å²) < 4.78 is 34.7. The molecule has 0 aliphatic heterocycles. The minimum Gasteiger partial charge on any atom is -0.462 e. The van der Waals surface area contributed by atoms with Crippen molar-refractivity contribution >= 4 is 19.8 Å². The molecule has 9 nitrogen and oxygen atoms in total. The van der Waals surface area contributed by atoms with E-state index in [4.69, 9.17) is 18.5 Å². The Morgan fingerprint density at radius 3 is 0.966 bits per heavy atom. The lowest BCUT2D eigenvalue weighted by Gasteiger charge is -2.24. The van der Waals surface area contributed by atoms with Gasteiger partial charge in [0, 0.05) is 12.8 Å². The average molecular weight is 1250 g/mol. The molecule has 2 atom stereocenters. The Hall–Kier alpha value is -2.81. The maximum absolute atomic E-state index is 12.9. The zero-order valence-electron chi connectivity index (χ0n) is 58.5. The van der Waals surface area contributed by atoms with Gasteiger partial charge in [0.25, 0.3) is 0 Å². The van der Waals surface area contributed by atoms with Gasteiger partial charge in [0.2, 0.25) is 0 Å². The Bertz CT molecular complexity index is 1760. The Labute approximate surface area is 545 Å². The third kappa shape index (κ3) is 72.3. The highest BCUT2D eigenvalue weighted by atomic mass is 31.2. The standard InChI is InChI=1S/C78H142NO8P/c1-6-8-10-12-14-16-18-20-22-24-26-28-30-31-32-33-34-35-36-37-38-39-40-41-42-43-44-45-46-47-49-51-53-55-57-59-61-63-65-67-69-71-78(81)87-76(75-86-88(82,83)85-73-72-79(3,4)5)74-84-77(80)70-68-66-64-62-60-58-56-54-52-50-48-29-27-25-23-21-19-17-15-13-11-9-7-2/h8,10,14,16,19-22,25-28,48,50,76H,6-7,9,11-13,15,17-18,23-24,29-47,49,51-75H2,1-5H3/p+1/b10-8-,16-14-,21-19-,22-20-,27-25-,28-26-,50-48-. The molecule has 0 aliphatic rings. The molecule has 0 fully saturated rings. The average Bonchev–Trinajstić information content (AvgIpc) is 3.58. The number of carbonyl (C=O) groups is 2. The van der Waals surface area contributed by atoms with Crippen molar-refractivity contribution in [3.05, 3.63) is 85.1 Å². The van der Waals surface area contributed by atoms with E-state index in [0.717, 1.165) is 83.5 Å². The summed E-state index contributed by atoms with van der Waals surface area (Å²) in [6, 6.07) is 0. The van der Waals surface area contributed by atoms with Crippen LogP contribution in [0.3, 0.4) is 0 Å². The van der Waals surface area contributed by atoms with Crippen molar-refractivity contribution in [1.82, 2.24) is 0 Å². The fourth-order valence-electron chi connectivity index (χ4n) is 10.7. The minimum absolute atomic E-state index is 0.0301. The molecule has 512 valence electrons. The molecular weight excluding hydrogens is 1110 g/mol. The van der Waals surface area contributed by atoms with Gasteiger partial charge < -0.3 is 18.9 Å². The van der Waals surface area contributed by atoms with Gasteiger partial charge in [-0.25, -0.2) is 4.57 Å². The van der Waals surface area contributed by atoms with Crippen molar-refractivity contribution in [3.8, 4) is 0 Å².